The number of likely N-dealkylation sites (tertiary alicyclic amines) is 1. The van der Waals surface area contributed by atoms with Crippen LogP contribution in [0.15, 0.2) is 29.6 Å². The zero-order valence-electron chi connectivity index (χ0n) is 17.5. The Hall–Kier alpha value is -1.76. The van der Waals surface area contributed by atoms with Crippen molar-refractivity contribution >= 4 is 11.3 Å². The van der Waals surface area contributed by atoms with Crippen LogP contribution in [0.4, 0.5) is 0 Å². The fourth-order valence-electron chi connectivity index (χ4n) is 4.18. The molecule has 154 valence electrons. The fraction of sp³-hybridized carbons (Fsp3) is 0.545. The molecule has 0 amide bonds. The molecule has 0 unspecified atom stereocenters. The number of benzene rings is 1. The molecule has 3 rings (SSSR count). The molecule has 1 aliphatic heterocycles. The maximum atomic E-state index is 5.64. The van der Waals surface area contributed by atoms with Crippen molar-refractivity contribution < 1.29 is 24.4 Å². The van der Waals surface area contributed by atoms with Gasteiger partial charge in [-0.1, -0.05) is 13.0 Å². The summed E-state index contributed by atoms with van der Waals surface area (Å²) in [6, 6.07) is 9.06. The van der Waals surface area contributed by atoms with Crippen LogP contribution in [-0.4, -0.2) is 41.0 Å². The first-order valence-electron chi connectivity index (χ1n) is 10.1. The van der Waals surface area contributed by atoms with Gasteiger partial charge in [-0.15, -0.1) is 11.3 Å². The minimum absolute atomic E-state index is 0.554. The number of hydrogen-bond acceptors (Lipinski definition) is 4. The first-order chi connectivity index (χ1) is 13.7. The van der Waals surface area contributed by atoms with Crippen molar-refractivity contribution in [2.75, 3.05) is 41.0 Å². The van der Waals surface area contributed by atoms with Crippen LogP contribution < -0.4 is 24.4 Å². The molecule has 1 aromatic heterocycles. The summed E-state index contributed by atoms with van der Waals surface area (Å²) in [6.07, 6.45) is 2.67. The number of quaternary nitrogens is 2. The van der Waals surface area contributed by atoms with Crippen molar-refractivity contribution in [2.45, 2.75) is 32.4 Å². The molecule has 28 heavy (non-hydrogen) atoms. The van der Waals surface area contributed by atoms with Crippen molar-refractivity contribution in [3.05, 3.63) is 40.1 Å². The maximum Gasteiger partial charge on any atom is 0.203 e. The van der Waals surface area contributed by atoms with E-state index in [0.717, 1.165) is 30.3 Å². The number of nitrogens with two attached hydrogens (primary N) is 1. The summed E-state index contributed by atoms with van der Waals surface area (Å²) >= 11 is 1.89. The molecule has 1 atom stereocenters. The molecule has 1 fully saturated rings. The Kier molecular flexibility index (Phi) is 7.59. The average molecular weight is 407 g/mol. The second-order valence-electron chi connectivity index (χ2n) is 7.63. The van der Waals surface area contributed by atoms with E-state index in [2.05, 4.69) is 35.8 Å². The summed E-state index contributed by atoms with van der Waals surface area (Å²) < 4.78 is 16.6. The molecule has 1 aromatic carbocycles. The van der Waals surface area contributed by atoms with Crippen LogP contribution in [-0.2, 0) is 6.54 Å². The smallest absolute Gasteiger partial charge is 0.203 e. The van der Waals surface area contributed by atoms with Gasteiger partial charge in [0.25, 0.3) is 0 Å². The van der Waals surface area contributed by atoms with Crippen LogP contribution in [0.5, 0.6) is 17.2 Å². The Labute approximate surface area is 172 Å². The lowest BCUT2D eigenvalue weighted by Crippen LogP contribution is -3.15. The van der Waals surface area contributed by atoms with Crippen LogP contribution in [0.2, 0.25) is 0 Å². The van der Waals surface area contributed by atoms with Gasteiger partial charge in [0.1, 0.15) is 13.1 Å². The molecule has 2 heterocycles. The average Bonchev–Trinajstić information content (AvgIpc) is 3.25. The molecular weight excluding hydrogens is 372 g/mol. The Bertz CT molecular complexity index is 728. The zero-order chi connectivity index (χ0) is 19.9. The second-order valence-corrected chi connectivity index (χ2v) is 8.61. The molecule has 3 N–H and O–H groups in total. The third-order valence-electron chi connectivity index (χ3n) is 5.85. The van der Waals surface area contributed by atoms with E-state index in [1.165, 1.54) is 30.8 Å². The highest BCUT2D eigenvalue weighted by Gasteiger charge is 2.30. The highest BCUT2D eigenvalue weighted by atomic mass is 32.1. The largest absolute Gasteiger partial charge is 0.493 e. The van der Waals surface area contributed by atoms with Gasteiger partial charge >= 0.3 is 0 Å². The Balaban J connectivity index is 1.69. The van der Waals surface area contributed by atoms with Crippen molar-refractivity contribution in [1.82, 2.24) is 0 Å². The number of rotatable bonds is 9. The van der Waals surface area contributed by atoms with E-state index in [1.807, 2.05) is 17.4 Å². The SMILES string of the molecule is COc1ccc(C[NH2+]C[C@H](c2cccs2)[NH+]2CCC(C)CC2)c(OC)c1OC. The van der Waals surface area contributed by atoms with E-state index < -0.39 is 0 Å². The van der Waals surface area contributed by atoms with Gasteiger partial charge in [-0.05, 0) is 42.3 Å². The lowest BCUT2D eigenvalue weighted by Gasteiger charge is -2.32. The van der Waals surface area contributed by atoms with Crippen LogP contribution in [0, 0.1) is 5.92 Å². The van der Waals surface area contributed by atoms with E-state index in [9.17, 15) is 0 Å². The summed E-state index contributed by atoms with van der Waals surface area (Å²) in [6.45, 7) is 6.86. The predicted octanol–water partition coefficient (Wildman–Crippen LogP) is 1.89. The van der Waals surface area contributed by atoms with Crippen molar-refractivity contribution in [1.29, 1.82) is 0 Å². The lowest BCUT2D eigenvalue weighted by atomic mass is 9.97. The summed E-state index contributed by atoms with van der Waals surface area (Å²) in [5, 5.41) is 4.60. The van der Waals surface area contributed by atoms with Gasteiger partial charge in [0.15, 0.2) is 17.5 Å². The topological polar surface area (TPSA) is 48.7 Å². The van der Waals surface area contributed by atoms with Crippen LogP contribution in [0.1, 0.15) is 36.2 Å². The monoisotopic (exact) mass is 406 g/mol. The highest BCUT2D eigenvalue weighted by molar-refractivity contribution is 7.10. The second kappa shape index (κ2) is 10.1. The Morgan fingerprint density at radius 1 is 1.07 bits per heavy atom. The van der Waals surface area contributed by atoms with Gasteiger partial charge in [0, 0.05) is 0 Å². The lowest BCUT2D eigenvalue weighted by molar-refractivity contribution is -0.950. The Morgan fingerprint density at radius 2 is 1.82 bits per heavy atom. The summed E-state index contributed by atoms with van der Waals surface area (Å²) in [4.78, 5) is 3.23. The molecule has 6 heteroatoms. The molecule has 5 nitrogen and oxygen atoms in total. The molecule has 2 aromatic rings. The third-order valence-corrected chi connectivity index (χ3v) is 6.83. The minimum atomic E-state index is 0.554. The van der Waals surface area contributed by atoms with Gasteiger partial charge in [-0.25, -0.2) is 0 Å². The van der Waals surface area contributed by atoms with Gasteiger partial charge in [0.05, 0.1) is 44.9 Å². The van der Waals surface area contributed by atoms with Crippen molar-refractivity contribution in [2.24, 2.45) is 5.92 Å². The molecule has 0 saturated carbocycles. The number of hydrogen-bond donors (Lipinski definition) is 2. The van der Waals surface area contributed by atoms with Gasteiger partial charge in [-0.3, -0.25) is 0 Å². The summed E-state index contributed by atoms with van der Waals surface area (Å²) in [5.74, 6) is 3.01. The molecule has 1 saturated heterocycles. The fourth-order valence-corrected chi connectivity index (χ4v) is 5.08. The van der Waals surface area contributed by atoms with E-state index in [4.69, 9.17) is 14.2 Å². The van der Waals surface area contributed by atoms with E-state index >= 15 is 0 Å². The minimum Gasteiger partial charge on any atom is -0.493 e. The van der Waals surface area contributed by atoms with Crippen LogP contribution in [0.25, 0.3) is 0 Å². The van der Waals surface area contributed by atoms with Gasteiger partial charge in [0.2, 0.25) is 5.75 Å². The van der Waals surface area contributed by atoms with Crippen LogP contribution in [0.3, 0.4) is 0 Å². The molecule has 0 aliphatic carbocycles. The predicted molar refractivity (Wildman–Crippen MR) is 113 cm³/mol. The van der Waals surface area contributed by atoms with E-state index in [-0.39, 0.29) is 0 Å². The Morgan fingerprint density at radius 3 is 2.43 bits per heavy atom. The number of nitrogens with one attached hydrogen (secondary N) is 1. The first-order valence-corrected chi connectivity index (χ1v) is 11.0. The molecule has 1 aliphatic rings. The number of thiophene rings is 1. The van der Waals surface area contributed by atoms with Crippen LogP contribution >= 0.6 is 11.3 Å². The zero-order valence-corrected chi connectivity index (χ0v) is 18.3. The van der Waals surface area contributed by atoms with Gasteiger partial charge < -0.3 is 24.4 Å². The third kappa shape index (κ3) is 4.80. The number of ether oxygens (including phenoxy) is 3. The van der Waals surface area contributed by atoms with Gasteiger partial charge in [-0.2, -0.15) is 0 Å². The quantitative estimate of drug-likeness (QED) is 0.669. The van der Waals surface area contributed by atoms with Crippen molar-refractivity contribution in [3.8, 4) is 17.2 Å². The number of methoxy groups -OCH3 is 3. The molecule has 0 radical (unpaired) electrons. The molecule has 0 spiro atoms. The first kappa shape index (κ1) is 21.0. The number of piperidine rings is 1. The van der Waals surface area contributed by atoms with E-state index in [0.29, 0.717) is 17.5 Å². The molecule has 0 bridgehead atoms. The maximum absolute atomic E-state index is 5.64. The van der Waals surface area contributed by atoms with Crippen molar-refractivity contribution in [3.63, 3.8) is 0 Å². The summed E-state index contributed by atoms with van der Waals surface area (Å²) in [7, 11) is 4.99. The standard InChI is InChI=1S/C22H32N2O3S/c1-16-9-11-24(12-10-16)18(20-6-5-13-28-20)15-23-14-17-7-8-19(25-2)22(27-4)21(17)26-3/h5-8,13,16,18,23H,9-12,14-15H2,1-4H3/p+2/t18-/m1/s1. The molecular formula is C22H34N2O3S+2. The normalized spacial score (nSPS) is 20.6. The highest BCUT2D eigenvalue weighted by Crippen LogP contribution is 2.39. The van der Waals surface area contributed by atoms with E-state index in [1.54, 1.807) is 26.2 Å². The summed E-state index contributed by atoms with van der Waals surface area (Å²) in [5.41, 5.74) is 1.13.